The van der Waals surface area contributed by atoms with E-state index in [-0.39, 0.29) is 12.5 Å². The van der Waals surface area contributed by atoms with Gasteiger partial charge in [0.25, 0.3) is 5.91 Å². The zero-order valence-electron chi connectivity index (χ0n) is 18.9. The van der Waals surface area contributed by atoms with E-state index in [4.69, 9.17) is 37.7 Å². The Morgan fingerprint density at radius 3 is 2.71 bits per heavy atom. The van der Waals surface area contributed by atoms with Crippen molar-refractivity contribution in [3.05, 3.63) is 81.6 Å². The van der Waals surface area contributed by atoms with E-state index >= 15 is 0 Å². The minimum absolute atomic E-state index is 0.0800. The first-order valence-electron chi connectivity index (χ1n) is 11.2. The molecule has 0 bridgehead atoms. The fraction of sp³-hybridized carbons (Fsp3) is 0.192. The Morgan fingerprint density at radius 2 is 1.91 bits per heavy atom. The number of hydrogen-bond acceptors (Lipinski definition) is 5. The summed E-state index contributed by atoms with van der Waals surface area (Å²) in [5.41, 5.74) is 4.50. The Morgan fingerprint density at radius 1 is 1.06 bits per heavy atom. The van der Waals surface area contributed by atoms with Gasteiger partial charge in [-0.05, 0) is 37.3 Å². The van der Waals surface area contributed by atoms with Crippen LogP contribution in [0, 0.1) is 0 Å². The van der Waals surface area contributed by atoms with Crippen LogP contribution >= 0.6 is 23.2 Å². The molecule has 0 aliphatic carbocycles. The van der Waals surface area contributed by atoms with Crippen LogP contribution in [-0.2, 0) is 13.0 Å². The molecule has 7 nitrogen and oxygen atoms in total. The van der Waals surface area contributed by atoms with Gasteiger partial charge in [0.15, 0.2) is 17.3 Å². The van der Waals surface area contributed by atoms with E-state index in [0.717, 1.165) is 23.4 Å². The predicted molar refractivity (Wildman–Crippen MR) is 135 cm³/mol. The summed E-state index contributed by atoms with van der Waals surface area (Å²) in [6, 6.07) is 14.6. The fourth-order valence-electron chi connectivity index (χ4n) is 3.94. The second-order valence-electron chi connectivity index (χ2n) is 7.95. The molecule has 5 rings (SSSR count). The number of amides is 1. The summed E-state index contributed by atoms with van der Waals surface area (Å²) >= 11 is 12.9. The number of H-pyrrole nitrogens is 1. The number of hydrogen-bond donors (Lipinski definition) is 2. The number of carbonyl (C=O) groups excluding carboxylic acids is 1. The maximum Gasteiger partial charge on any atom is 0.253 e. The highest BCUT2D eigenvalue weighted by Gasteiger charge is 2.21. The van der Waals surface area contributed by atoms with Gasteiger partial charge in [0.2, 0.25) is 0 Å². The molecule has 1 amide bonds. The van der Waals surface area contributed by atoms with Crippen LogP contribution in [0.2, 0.25) is 10.0 Å². The van der Waals surface area contributed by atoms with Crippen molar-refractivity contribution < 1.29 is 14.3 Å². The molecule has 2 N–H and O–H groups in total. The van der Waals surface area contributed by atoms with Crippen molar-refractivity contribution >= 4 is 29.1 Å². The number of aromatic amines is 1. The quantitative estimate of drug-likeness (QED) is 0.333. The first-order valence-corrected chi connectivity index (χ1v) is 12.0. The Kier molecular flexibility index (Phi) is 6.61. The molecular formula is C26H22Cl2N4O3. The topological polar surface area (TPSA) is 89.1 Å². The lowest BCUT2D eigenvalue weighted by Crippen LogP contribution is -2.31. The number of ether oxygens (including phenoxy) is 2. The van der Waals surface area contributed by atoms with E-state index in [0.29, 0.717) is 57.3 Å². The molecule has 0 atom stereocenters. The highest BCUT2D eigenvalue weighted by molar-refractivity contribution is 6.32. The first kappa shape index (κ1) is 23.2. The molecule has 178 valence electrons. The number of rotatable bonds is 7. The summed E-state index contributed by atoms with van der Waals surface area (Å²) in [7, 11) is 0. The van der Waals surface area contributed by atoms with Gasteiger partial charge in [-0.15, -0.1) is 0 Å². The zero-order chi connectivity index (χ0) is 24.4. The molecule has 1 aliphatic heterocycles. The van der Waals surface area contributed by atoms with E-state index in [1.807, 2.05) is 43.3 Å². The lowest BCUT2D eigenvalue weighted by molar-refractivity contribution is 0.0946. The van der Waals surface area contributed by atoms with Gasteiger partial charge in [-0.3, -0.25) is 4.79 Å². The fourth-order valence-corrected chi connectivity index (χ4v) is 4.40. The molecule has 0 spiro atoms. The lowest BCUT2D eigenvalue weighted by Gasteiger charge is -2.15. The number of nitrogens with one attached hydrogen (secondary N) is 2. The number of carbonyl (C=O) groups is 1. The predicted octanol–water partition coefficient (Wildman–Crippen LogP) is 5.71. The SMILES string of the molecule is CCOc1cc(-c2nccc(-c3cc4c([nH]3)CCNC4=O)n2)cc(Cl)c1OCc1ccccc1Cl. The van der Waals surface area contributed by atoms with Gasteiger partial charge in [0.1, 0.15) is 6.61 Å². The van der Waals surface area contributed by atoms with E-state index < -0.39 is 0 Å². The lowest BCUT2D eigenvalue weighted by atomic mass is 10.1. The summed E-state index contributed by atoms with van der Waals surface area (Å²) in [4.78, 5) is 24.6. The van der Waals surface area contributed by atoms with Gasteiger partial charge in [0, 0.05) is 41.0 Å². The Labute approximate surface area is 212 Å². The van der Waals surface area contributed by atoms with Crippen molar-refractivity contribution in [3.8, 4) is 34.3 Å². The van der Waals surface area contributed by atoms with Crippen molar-refractivity contribution in [1.82, 2.24) is 20.3 Å². The minimum Gasteiger partial charge on any atom is -0.490 e. The number of halogens is 2. The third-order valence-corrected chi connectivity index (χ3v) is 6.28. The highest BCUT2D eigenvalue weighted by Crippen LogP contribution is 2.40. The molecule has 2 aromatic heterocycles. The third-order valence-electron chi connectivity index (χ3n) is 5.63. The summed E-state index contributed by atoms with van der Waals surface area (Å²) in [5.74, 6) is 1.31. The molecule has 0 radical (unpaired) electrons. The molecular weight excluding hydrogens is 487 g/mol. The Balaban J connectivity index is 1.46. The van der Waals surface area contributed by atoms with E-state index in [2.05, 4.69) is 15.3 Å². The van der Waals surface area contributed by atoms with Crippen molar-refractivity contribution in [3.63, 3.8) is 0 Å². The number of nitrogens with zero attached hydrogens (tertiary/aromatic N) is 2. The molecule has 0 unspecified atom stereocenters. The first-order chi connectivity index (χ1) is 17.0. The smallest absolute Gasteiger partial charge is 0.253 e. The molecule has 35 heavy (non-hydrogen) atoms. The van der Waals surface area contributed by atoms with E-state index in [1.54, 1.807) is 18.3 Å². The van der Waals surface area contributed by atoms with Crippen LogP contribution < -0.4 is 14.8 Å². The van der Waals surface area contributed by atoms with Crippen LogP contribution in [0.3, 0.4) is 0 Å². The molecule has 1 aliphatic rings. The van der Waals surface area contributed by atoms with Crippen LogP contribution in [0.4, 0.5) is 0 Å². The molecule has 0 saturated heterocycles. The third kappa shape index (κ3) is 4.83. The minimum atomic E-state index is -0.0800. The normalized spacial score (nSPS) is 12.7. The second kappa shape index (κ2) is 9.98. The van der Waals surface area contributed by atoms with Crippen LogP contribution in [0.5, 0.6) is 11.5 Å². The molecule has 3 heterocycles. The van der Waals surface area contributed by atoms with Crippen LogP contribution in [0.25, 0.3) is 22.8 Å². The monoisotopic (exact) mass is 508 g/mol. The van der Waals surface area contributed by atoms with Gasteiger partial charge < -0.3 is 19.8 Å². The van der Waals surface area contributed by atoms with Gasteiger partial charge >= 0.3 is 0 Å². The van der Waals surface area contributed by atoms with Gasteiger partial charge in [0.05, 0.1) is 28.6 Å². The largest absolute Gasteiger partial charge is 0.490 e. The van der Waals surface area contributed by atoms with Crippen molar-refractivity contribution in [1.29, 1.82) is 0 Å². The van der Waals surface area contributed by atoms with Crippen LogP contribution in [0.15, 0.2) is 54.7 Å². The van der Waals surface area contributed by atoms with Crippen LogP contribution in [-0.4, -0.2) is 34.0 Å². The standard InChI is InChI=1S/C26H22Cl2N4O3/c1-2-34-23-12-16(11-19(28)24(23)35-14-15-5-3-4-6-18(15)27)25-29-9-8-21(32-25)22-13-17-20(31-22)7-10-30-26(17)33/h3-6,8-9,11-13,31H,2,7,10,14H2,1H3,(H,30,33). The van der Waals surface area contributed by atoms with Crippen LogP contribution in [0.1, 0.15) is 28.5 Å². The average Bonchev–Trinajstić information content (AvgIpc) is 3.31. The summed E-state index contributed by atoms with van der Waals surface area (Å²) in [6.07, 6.45) is 2.43. The second-order valence-corrected chi connectivity index (χ2v) is 8.76. The zero-order valence-corrected chi connectivity index (χ0v) is 20.4. The average molecular weight is 509 g/mol. The van der Waals surface area contributed by atoms with E-state index in [1.165, 1.54) is 0 Å². The van der Waals surface area contributed by atoms with Crippen molar-refractivity contribution in [2.24, 2.45) is 0 Å². The van der Waals surface area contributed by atoms with Crippen molar-refractivity contribution in [2.75, 3.05) is 13.2 Å². The van der Waals surface area contributed by atoms with Gasteiger partial charge in [-0.1, -0.05) is 41.4 Å². The van der Waals surface area contributed by atoms with E-state index in [9.17, 15) is 4.79 Å². The number of fused-ring (bicyclic) bond motifs is 1. The molecule has 0 saturated carbocycles. The molecule has 0 fully saturated rings. The Bertz CT molecular complexity index is 1400. The van der Waals surface area contributed by atoms with Crippen molar-refractivity contribution in [2.45, 2.75) is 20.0 Å². The number of aromatic nitrogens is 3. The maximum atomic E-state index is 12.1. The summed E-state index contributed by atoms with van der Waals surface area (Å²) in [6.45, 7) is 3.18. The molecule has 4 aromatic rings. The Hall–Kier alpha value is -3.55. The highest BCUT2D eigenvalue weighted by atomic mass is 35.5. The molecule has 2 aromatic carbocycles. The van der Waals surface area contributed by atoms with Gasteiger partial charge in [-0.2, -0.15) is 0 Å². The summed E-state index contributed by atoms with van der Waals surface area (Å²) < 4.78 is 11.8. The number of benzene rings is 2. The maximum absolute atomic E-state index is 12.1. The van der Waals surface area contributed by atoms with Gasteiger partial charge in [-0.25, -0.2) is 9.97 Å². The summed E-state index contributed by atoms with van der Waals surface area (Å²) in [5, 5.41) is 3.85. The molecule has 9 heteroatoms.